The Morgan fingerprint density at radius 2 is 1.86 bits per heavy atom. The van der Waals surface area contributed by atoms with Gasteiger partial charge in [0.25, 0.3) is 5.56 Å². The Labute approximate surface area is 168 Å². The minimum Gasteiger partial charge on any atom is -0.338 e. The van der Waals surface area contributed by atoms with Crippen molar-refractivity contribution in [3.63, 3.8) is 0 Å². The van der Waals surface area contributed by atoms with Gasteiger partial charge in [-0.2, -0.15) is 0 Å². The summed E-state index contributed by atoms with van der Waals surface area (Å²) in [5, 5.41) is 3.67. The molecule has 0 radical (unpaired) electrons. The lowest BCUT2D eigenvalue weighted by Gasteiger charge is -2.36. The van der Waals surface area contributed by atoms with Gasteiger partial charge in [-0.05, 0) is 42.3 Å². The molecule has 1 aliphatic heterocycles. The Hall–Kier alpha value is -2.44. The third-order valence-corrected chi connectivity index (χ3v) is 6.49. The number of thiophene rings is 1. The van der Waals surface area contributed by atoms with Crippen LogP contribution in [0.3, 0.4) is 0 Å². The summed E-state index contributed by atoms with van der Waals surface area (Å²) in [4.78, 5) is 31.5. The predicted molar refractivity (Wildman–Crippen MR) is 114 cm³/mol. The van der Waals surface area contributed by atoms with Crippen molar-refractivity contribution >= 4 is 28.0 Å². The number of piperazine rings is 1. The molecular formula is C22H25N3O2S. The van der Waals surface area contributed by atoms with Gasteiger partial charge >= 0.3 is 0 Å². The maximum absolute atomic E-state index is 13.0. The SMILES string of the molecule is CC(C(=O)N1CCN(CCc2cccs2)CC1)n1ccc2ccccc2c1=O. The van der Waals surface area contributed by atoms with Gasteiger partial charge in [0, 0.05) is 49.2 Å². The maximum Gasteiger partial charge on any atom is 0.259 e. The molecule has 6 heteroatoms. The number of hydrogen-bond acceptors (Lipinski definition) is 4. The summed E-state index contributed by atoms with van der Waals surface area (Å²) in [5.74, 6) is 0.0234. The van der Waals surface area contributed by atoms with Gasteiger partial charge in [0.2, 0.25) is 5.91 Å². The van der Waals surface area contributed by atoms with Crippen LogP contribution in [0, 0.1) is 0 Å². The van der Waals surface area contributed by atoms with E-state index < -0.39 is 6.04 Å². The first-order valence-corrected chi connectivity index (χ1v) is 10.6. The summed E-state index contributed by atoms with van der Waals surface area (Å²) in [6, 6.07) is 13.2. The highest BCUT2D eigenvalue weighted by molar-refractivity contribution is 7.09. The summed E-state index contributed by atoms with van der Waals surface area (Å²) in [6.45, 7) is 6.06. The molecule has 1 aromatic carbocycles. The molecule has 1 aliphatic rings. The molecule has 3 heterocycles. The molecule has 4 rings (SSSR count). The molecule has 1 fully saturated rings. The van der Waals surface area contributed by atoms with Crippen molar-refractivity contribution in [2.24, 2.45) is 0 Å². The molecule has 1 saturated heterocycles. The van der Waals surface area contributed by atoms with E-state index in [1.807, 2.05) is 42.2 Å². The van der Waals surface area contributed by atoms with Crippen LogP contribution in [0.4, 0.5) is 0 Å². The quantitative estimate of drug-likeness (QED) is 0.667. The van der Waals surface area contributed by atoms with Gasteiger partial charge < -0.3 is 9.47 Å². The van der Waals surface area contributed by atoms with E-state index in [0.717, 1.165) is 44.5 Å². The van der Waals surface area contributed by atoms with E-state index in [2.05, 4.69) is 22.4 Å². The van der Waals surface area contributed by atoms with Crippen LogP contribution in [-0.4, -0.2) is 53.0 Å². The number of nitrogens with zero attached hydrogens (tertiary/aromatic N) is 3. The predicted octanol–water partition coefficient (Wildman–Crippen LogP) is 3.01. The van der Waals surface area contributed by atoms with Gasteiger partial charge in [0.15, 0.2) is 0 Å². The topological polar surface area (TPSA) is 45.6 Å². The fourth-order valence-electron chi connectivity index (χ4n) is 3.81. The van der Waals surface area contributed by atoms with E-state index in [4.69, 9.17) is 0 Å². The molecule has 1 amide bonds. The zero-order valence-electron chi connectivity index (χ0n) is 16.1. The molecule has 1 unspecified atom stereocenters. The van der Waals surface area contributed by atoms with Gasteiger partial charge in [-0.15, -0.1) is 11.3 Å². The molecule has 146 valence electrons. The van der Waals surface area contributed by atoms with Crippen LogP contribution >= 0.6 is 11.3 Å². The van der Waals surface area contributed by atoms with Gasteiger partial charge in [0.1, 0.15) is 6.04 Å². The van der Waals surface area contributed by atoms with Gasteiger partial charge in [0.05, 0.1) is 0 Å². The number of carbonyl (C=O) groups is 1. The number of amides is 1. The largest absolute Gasteiger partial charge is 0.338 e. The van der Waals surface area contributed by atoms with Crippen molar-refractivity contribution in [3.8, 4) is 0 Å². The second-order valence-corrected chi connectivity index (χ2v) is 8.32. The number of benzene rings is 1. The van der Waals surface area contributed by atoms with E-state index in [0.29, 0.717) is 5.39 Å². The van der Waals surface area contributed by atoms with Crippen LogP contribution in [0.15, 0.2) is 58.8 Å². The zero-order chi connectivity index (χ0) is 19.5. The Balaban J connectivity index is 1.38. The van der Waals surface area contributed by atoms with Crippen molar-refractivity contribution < 1.29 is 4.79 Å². The van der Waals surface area contributed by atoms with Crippen molar-refractivity contribution in [2.45, 2.75) is 19.4 Å². The van der Waals surface area contributed by atoms with E-state index in [9.17, 15) is 9.59 Å². The smallest absolute Gasteiger partial charge is 0.259 e. The molecule has 28 heavy (non-hydrogen) atoms. The Bertz CT molecular complexity index is 1000. The van der Waals surface area contributed by atoms with Crippen LogP contribution in [-0.2, 0) is 11.2 Å². The molecule has 1 atom stereocenters. The standard InChI is InChI=1S/C22H25N3O2S/c1-17(25-11-8-18-5-2-3-7-20(18)22(25)27)21(26)24-14-12-23(13-15-24)10-9-19-6-4-16-28-19/h2-8,11,16-17H,9-10,12-15H2,1H3. The molecule has 0 spiro atoms. The fraction of sp³-hybridized carbons (Fsp3) is 0.364. The van der Waals surface area contributed by atoms with E-state index >= 15 is 0 Å². The van der Waals surface area contributed by atoms with E-state index in [1.165, 1.54) is 4.88 Å². The Morgan fingerprint density at radius 1 is 1.07 bits per heavy atom. The van der Waals surface area contributed by atoms with Crippen LogP contribution in [0.1, 0.15) is 17.8 Å². The van der Waals surface area contributed by atoms with E-state index in [-0.39, 0.29) is 11.5 Å². The molecule has 0 bridgehead atoms. The van der Waals surface area contributed by atoms with Crippen LogP contribution < -0.4 is 5.56 Å². The molecule has 2 aromatic heterocycles. The summed E-state index contributed by atoms with van der Waals surface area (Å²) >= 11 is 1.80. The number of aromatic nitrogens is 1. The van der Waals surface area contributed by atoms with Crippen molar-refractivity contribution in [3.05, 3.63) is 69.3 Å². The number of fused-ring (bicyclic) bond motifs is 1. The van der Waals surface area contributed by atoms with Gasteiger partial charge in [-0.3, -0.25) is 14.5 Å². The highest BCUT2D eigenvalue weighted by Gasteiger charge is 2.26. The third kappa shape index (κ3) is 3.88. The molecule has 3 aromatic rings. The van der Waals surface area contributed by atoms with Crippen molar-refractivity contribution in [1.29, 1.82) is 0 Å². The maximum atomic E-state index is 13.0. The highest BCUT2D eigenvalue weighted by Crippen LogP contribution is 2.15. The Morgan fingerprint density at radius 3 is 2.61 bits per heavy atom. The van der Waals surface area contributed by atoms with Gasteiger partial charge in [-0.1, -0.05) is 24.3 Å². The molecule has 5 nitrogen and oxygen atoms in total. The molecule has 0 N–H and O–H groups in total. The normalized spacial score (nSPS) is 16.4. The number of rotatable bonds is 5. The number of carbonyl (C=O) groups excluding carboxylic acids is 1. The van der Waals surface area contributed by atoms with Crippen LogP contribution in [0.25, 0.3) is 10.8 Å². The number of hydrogen-bond donors (Lipinski definition) is 0. The lowest BCUT2D eigenvalue weighted by molar-refractivity contribution is -0.136. The Kier molecular flexibility index (Phi) is 5.59. The zero-order valence-corrected chi connectivity index (χ0v) is 16.9. The van der Waals surface area contributed by atoms with Crippen molar-refractivity contribution in [1.82, 2.24) is 14.4 Å². The first-order valence-electron chi connectivity index (χ1n) is 9.77. The van der Waals surface area contributed by atoms with Crippen molar-refractivity contribution in [2.75, 3.05) is 32.7 Å². The third-order valence-electron chi connectivity index (χ3n) is 5.55. The fourth-order valence-corrected chi connectivity index (χ4v) is 4.51. The summed E-state index contributed by atoms with van der Waals surface area (Å²) < 4.78 is 1.56. The van der Waals surface area contributed by atoms with Crippen LogP contribution in [0.5, 0.6) is 0 Å². The minimum atomic E-state index is -0.491. The first-order chi connectivity index (χ1) is 13.6. The van der Waals surface area contributed by atoms with E-state index in [1.54, 1.807) is 22.1 Å². The first kappa shape index (κ1) is 18.9. The average Bonchev–Trinajstić information content (AvgIpc) is 3.26. The second kappa shape index (κ2) is 8.29. The average molecular weight is 396 g/mol. The number of pyridine rings is 1. The lowest BCUT2D eigenvalue weighted by atomic mass is 10.1. The second-order valence-electron chi connectivity index (χ2n) is 7.29. The minimum absolute atomic E-state index is 0.0234. The highest BCUT2D eigenvalue weighted by atomic mass is 32.1. The molecule has 0 aliphatic carbocycles. The summed E-state index contributed by atoms with van der Waals surface area (Å²) in [6.07, 6.45) is 2.80. The molecule has 0 saturated carbocycles. The van der Waals surface area contributed by atoms with Gasteiger partial charge in [-0.25, -0.2) is 0 Å². The lowest BCUT2D eigenvalue weighted by Crippen LogP contribution is -2.51. The van der Waals surface area contributed by atoms with Crippen LogP contribution in [0.2, 0.25) is 0 Å². The monoisotopic (exact) mass is 395 g/mol. The summed E-state index contributed by atoms with van der Waals surface area (Å²) in [7, 11) is 0. The summed E-state index contributed by atoms with van der Waals surface area (Å²) in [5.41, 5.74) is -0.103. The molecular weight excluding hydrogens is 370 g/mol.